The third-order valence-electron chi connectivity index (χ3n) is 5.07. The normalized spacial score (nSPS) is 13.6. The summed E-state index contributed by atoms with van der Waals surface area (Å²) in [6, 6.07) is 16.6. The minimum Gasteiger partial charge on any atom is -0.462 e. The van der Waals surface area contributed by atoms with Crippen molar-refractivity contribution in [3.8, 4) is 22.4 Å². The number of hydrogen-bond acceptors (Lipinski definition) is 2. The van der Waals surface area contributed by atoms with Crippen molar-refractivity contribution in [2.24, 2.45) is 0 Å². The lowest BCUT2D eigenvalue weighted by atomic mass is 9.97. The van der Waals surface area contributed by atoms with Crippen molar-refractivity contribution in [3.63, 3.8) is 0 Å². The number of halogens is 2. The number of nitrogens with zero attached hydrogens (tertiary/aromatic N) is 1. The minimum atomic E-state index is -0.261. The summed E-state index contributed by atoms with van der Waals surface area (Å²) in [5.41, 5.74) is 5.75. The predicted molar refractivity (Wildman–Crippen MR) is 122 cm³/mol. The minimum absolute atomic E-state index is 0.261. The second-order valence-corrected chi connectivity index (χ2v) is 8.70. The lowest BCUT2D eigenvalue weighted by Crippen LogP contribution is -2.08. The second-order valence-electron chi connectivity index (χ2n) is 7.02. The highest BCUT2D eigenvalue weighted by atomic mass is 127. The van der Waals surface area contributed by atoms with Gasteiger partial charge in [-0.2, -0.15) is 0 Å². The molecule has 0 saturated heterocycles. The molecule has 2 aromatic carbocycles. The molecule has 0 aliphatic heterocycles. The second kappa shape index (κ2) is 7.91. The summed E-state index contributed by atoms with van der Waals surface area (Å²) in [6.07, 6.45) is 2.26. The Morgan fingerprint density at radius 3 is 2.50 bits per heavy atom. The highest BCUT2D eigenvalue weighted by molar-refractivity contribution is 14.1. The third kappa shape index (κ3) is 3.60. The molecule has 3 aromatic rings. The zero-order valence-corrected chi connectivity index (χ0v) is 18.8. The molecule has 1 aliphatic rings. The monoisotopic (exact) mass is 505 g/mol. The fraction of sp³-hybridized carbons (Fsp3) is 0.261. The molecule has 0 radical (unpaired) electrons. The maximum atomic E-state index is 13.0. The molecule has 1 aliphatic carbocycles. The SMILES string of the molecule is CCOC(=O)c1c(-c2cccc(I)c2)c(-c2ccc(Cl)cc2)n(C2CC2)c1C. The molecule has 0 unspecified atom stereocenters. The summed E-state index contributed by atoms with van der Waals surface area (Å²) < 4.78 is 8.90. The smallest absolute Gasteiger partial charge is 0.340 e. The van der Waals surface area contributed by atoms with Crippen molar-refractivity contribution in [1.29, 1.82) is 0 Å². The van der Waals surface area contributed by atoms with Crippen LogP contribution >= 0.6 is 34.2 Å². The van der Waals surface area contributed by atoms with Gasteiger partial charge in [0.25, 0.3) is 0 Å². The first-order valence-electron chi connectivity index (χ1n) is 9.45. The molecule has 4 rings (SSSR count). The Balaban J connectivity index is 2.06. The molecular formula is C23H21ClINO2. The molecule has 0 N–H and O–H groups in total. The fourth-order valence-corrected chi connectivity index (χ4v) is 4.44. The van der Waals surface area contributed by atoms with Gasteiger partial charge in [-0.05, 0) is 84.7 Å². The van der Waals surface area contributed by atoms with Gasteiger partial charge < -0.3 is 9.30 Å². The van der Waals surface area contributed by atoms with Crippen molar-refractivity contribution in [2.75, 3.05) is 6.61 Å². The summed E-state index contributed by atoms with van der Waals surface area (Å²) in [5.74, 6) is -0.261. The van der Waals surface area contributed by atoms with E-state index in [1.807, 2.05) is 44.2 Å². The Morgan fingerprint density at radius 2 is 1.89 bits per heavy atom. The standard InChI is InChI=1S/C23H21ClINO2/c1-3-28-23(27)20-14(2)26(19-11-12-19)22(15-7-9-17(24)10-8-15)21(20)16-5-4-6-18(25)13-16/h4-10,13,19H,3,11-12H2,1-2H3. The van der Waals surface area contributed by atoms with Gasteiger partial charge in [0.1, 0.15) is 0 Å². The molecular weight excluding hydrogens is 485 g/mol. The summed E-state index contributed by atoms with van der Waals surface area (Å²) in [5, 5.41) is 0.700. The Bertz CT molecular complexity index is 1040. The number of carbonyl (C=O) groups excluding carboxylic acids is 1. The topological polar surface area (TPSA) is 31.2 Å². The van der Waals surface area contributed by atoms with Crippen molar-refractivity contribution in [3.05, 3.63) is 68.4 Å². The highest BCUT2D eigenvalue weighted by Gasteiger charge is 2.34. The van der Waals surface area contributed by atoms with Gasteiger partial charge in [-0.3, -0.25) is 0 Å². The van der Waals surface area contributed by atoms with Crippen LogP contribution in [0, 0.1) is 10.5 Å². The Labute approximate surface area is 183 Å². The van der Waals surface area contributed by atoms with Crippen LogP contribution in [0.15, 0.2) is 48.5 Å². The summed E-state index contributed by atoms with van der Waals surface area (Å²) in [7, 11) is 0. The van der Waals surface area contributed by atoms with Gasteiger partial charge in [0, 0.05) is 25.9 Å². The number of esters is 1. The van der Waals surface area contributed by atoms with E-state index in [0.29, 0.717) is 23.2 Å². The molecule has 5 heteroatoms. The van der Waals surface area contributed by atoms with Gasteiger partial charge in [-0.15, -0.1) is 0 Å². The zero-order valence-electron chi connectivity index (χ0n) is 15.8. The van der Waals surface area contributed by atoms with E-state index in [-0.39, 0.29) is 5.97 Å². The van der Waals surface area contributed by atoms with Crippen LogP contribution in [-0.4, -0.2) is 17.1 Å². The van der Waals surface area contributed by atoms with Crippen LogP contribution in [0.4, 0.5) is 0 Å². The number of aromatic nitrogens is 1. The van der Waals surface area contributed by atoms with Crippen LogP contribution in [0.1, 0.15) is 41.9 Å². The van der Waals surface area contributed by atoms with Crippen molar-refractivity contribution < 1.29 is 9.53 Å². The van der Waals surface area contributed by atoms with Gasteiger partial charge in [-0.1, -0.05) is 35.9 Å². The lowest BCUT2D eigenvalue weighted by Gasteiger charge is -2.13. The highest BCUT2D eigenvalue weighted by Crippen LogP contribution is 2.47. The summed E-state index contributed by atoms with van der Waals surface area (Å²) in [4.78, 5) is 13.0. The summed E-state index contributed by atoms with van der Waals surface area (Å²) >= 11 is 8.45. The first-order chi connectivity index (χ1) is 13.5. The maximum absolute atomic E-state index is 13.0. The Hall–Kier alpha value is -1.79. The molecule has 0 amide bonds. The number of carbonyl (C=O) groups is 1. The van der Waals surface area contributed by atoms with Gasteiger partial charge >= 0.3 is 5.97 Å². The quantitative estimate of drug-likeness (QED) is 0.279. The van der Waals surface area contributed by atoms with Gasteiger partial charge in [0.15, 0.2) is 0 Å². The van der Waals surface area contributed by atoms with E-state index < -0.39 is 0 Å². The van der Waals surface area contributed by atoms with Crippen LogP contribution < -0.4 is 0 Å². The van der Waals surface area contributed by atoms with E-state index in [4.69, 9.17) is 16.3 Å². The van der Waals surface area contributed by atoms with Crippen LogP contribution in [0.2, 0.25) is 5.02 Å². The molecule has 1 aromatic heterocycles. The fourth-order valence-electron chi connectivity index (χ4n) is 3.77. The maximum Gasteiger partial charge on any atom is 0.340 e. The Kier molecular flexibility index (Phi) is 5.52. The first kappa shape index (κ1) is 19.5. The first-order valence-corrected chi connectivity index (χ1v) is 10.9. The van der Waals surface area contributed by atoms with E-state index in [1.54, 1.807) is 0 Å². The molecule has 144 valence electrons. The largest absolute Gasteiger partial charge is 0.462 e. The summed E-state index contributed by atoms with van der Waals surface area (Å²) in [6.45, 7) is 4.23. The lowest BCUT2D eigenvalue weighted by molar-refractivity contribution is 0.0526. The van der Waals surface area contributed by atoms with Crippen molar-refractivity contribution >= 4 is 40.2 Å². The van der Waals surface area contributed by atoms with Crippen LogP contribution in [0.5, 0.6) is 0 Å². The Morgan fingerprint density at radius 1 is 1.18 bits per heavy atom. The molecule has 1 heterocycles. The van der Waals surface area contributed by atoms with Crippen LogP contribution in [0.3, 0.4) is 0 Å². The number of ether oxygens (including phenoxy) is 1. The third-order valence-corrected chi connectivity index (χ3v) is 6.00. The molecule has 0 spiro atoms. The average molecular weight is 506 g/mol. The van der Waals surface area contributed by atoms with Gasteiger partial charge in [-0.25, -0.2) is 4.79 Å². The molecule has 0 bridgehead atoms. The number of hydrogen-bond donors (Lipinski definition) is 0. The van der Waals surface area contributed by atoms with E-state index in [2.05, 4.69) is 45.4 Å². The van der Waals surface area contributed by atoms with E-state index >= 15 is 0 Å². The van der Waals surface area contributed by atoms with Crippen molar-refractivity contribution in [1.82, 2.24) is 4.57 Å². The predicted octanol–water partition coefficient (Wildman–Crippen LogP) is 6.90. The van der Waals surface area contributed by atoms with Crippen LogP contribution in [0.25, 0.3) is 22.4 Å². The zero-order chi connectivity index (χ0) is 19.8. The molecule has 1 saturated carbocycles. The van der Waals surface area contributed by atoms with E-state index in [9.17, 15) is 4.79 Å². The van der Waals surface area contributed by atoms with Crippen molar-refractivity contribution in [2.45, 2.75) is 32.7 Å². The van der Waals surface area contributed by atoms with Crippen LogP contribution in [-0.2, 0) is 4.74 Å². The van der Waals surface area contributed by atoms with Gasteiger partial charge in [0.2, 0.25) is 0 Å². The average Bonchev–Trinajstić information content (AvgIpc) is 3.45. The van der Waals surface area contributed by atoms with Gasteiger partial charge in [0.05, 0.1) is 17.9 Å². The number of rotatable bonds is 5. The molecule has 28 heavy (non-hydrogen) atoms. The molecule has 3 nitrogen and oxygen atoms in total. The molecule has 0 atom stereocenters. The van der Waals surface area contributed by atoms with E-state index in [0.717, 1.165) is 44.5 Å². The molecule has 1 fully saturated rings. The van der Waals surface area contributed by atoms with E-state index in [1.165, 1.54) is 0 Å². The number of benzene rings is 2.